The Bertz CT molecular complexity index is 598. The maximum absolute atomic E-state index is 12.7. The first-order chi connectivity index (χ1) is 11.0. The summed E-state index contributed by atoms with van der Waals surface area (Å²) in [6, 6.07) is 6.38. The lowest BCUT2D eigenvalue weighted by Crippen LogP contribution is -2.43. The van der Waals surface area contributed by atoms with Crippen molar-refractivity contribution >= 4 is 14.1 Å². The summed E-state index contributed by atoms with van der Waals surface area (Å²) < 4.78 is 6.52. The molecule has 1 fully saturated rings. The number of ketones is 1. The summed E-state index contributed by atoms with van der Waals surface area (Å²) in [5.74, 6) is 0.573. The summed E-state index contributed by atoms with van der Waals surface area (Å²) >= 11 is 0. The SMILES string of the molecule is Cc1ccc(CC(=O)[C@@H]2CC[C@H](O[Si](C)(C)C(C)(C)C)C2)c(C)c1. The van der Waals surface area contributed by atoms with E-state index in [1.165, 1.54) is 16.7 Å². The molecule has 0 spiro atoms. The molecule has 3 heteroatoms. The molecule has 0 aliphatic heterocycles. The zero-order chi connectivity index (χ0) is 18.1. The molecule has 0 amide bonds. The molecule has 0 unspecified atom stereocenters. The first-order valence-electron chi connectivity index (χ1n) is 9.26. The van der Waals surface area contributed by atoms with Crippen LogP contribution in [0.2, 0.25) is 18.1 Å². The number of rotatable bonds is 5. The first-order valence-corrected chi connectivity index (χ1v) is 12.2. The summed E-state index contributed by atoms with van der Waals surface area (Å²) in [5, 5.41) is 0.230. The normalized spacial score (nSPS) is 22.0. The average molecular weight is 347 g/mol. The molecule has 0 bridgehead atoms. The molecule has 0 N–H and O–H groups in total. The van der Waals surface area contributed by atoms with Gasteiger partial charge in [0, 0.05) is 18.4 Å². The van der Waals surface area contributed by atoms with Crippen LogP contribution in [0, 0.1) is 19.8 Å². The molecule has 0 radical (unpaired) electrons. The minimum absolute atomic E-state index is 0.181. The van der Waals surface area contributed by atoms with E-state index in [0.717, 1.165) is 19.3 Å². The van der Waals surface area contributed by atoms with E-state index in [0.29, 0.717) is 12.2 Å². The molecular formula is C21H34O2Si. The van der Waals surface area contributed by atoms with Gasteiger partial charge >= 0.3 is 0 Å². The highest BCUT2D eigenvalue weighted by atomic mass is 28.4. The van der Waals surface area contributed by atoms with Crippen molar-refractivity contribution in [3.8, 4) is 0 Å². The number of carbonyl (C=O) groups is 1. The fourth-order valence-electron chi connectivity index (χ4n) is 3.31. The molecule has 134 valence electrons. The Morgan fingerprint density at radius 3 is 2.46 bits per heavy atom. The van der Waals surface area contributed by atoms with Crippen LogP contribution < -0.4 is 0 Å². The highest BCUT2D eigenvalue weighted by Gasteiger charge is 2.41. The Morgan fingerprint density at radius 2 is 1.88 bits per heavy atom. The Morgan fingerprint density at radius 1 is 1.21 bits per heavy atom. The Labute approximate surface area is 149 Å². The van der Waals surface area contributed by atoms with Crippen LogP contribution in [0.3, 0.4) is 0 Å². The van der Waals surface area contributed by atoms with Crippen LogP contribution in [0.15, 0.2) is 18.2 Å². The predicted octanol–water partition coefficient (Wildman–Crippen LogP) is 5.61. The second kappa shape index (κ2) is 7.13. The lowest BCUT2D eigenvalue weighted by Gasteiger charge is -2.38. The largest absolute Gasteiger partial charge is 0.414 e. The number of benzene rings is 1. The predicted molar refractivity (Wildman–Crippen MR) is 104 cm³/mol. The van der Waals surface area contributed by atoms with Gasteiger partial charge in [-0.2, -0.15) is 0 Å². The van der Waals surface area contributed by atoms with E-state index in [1.807, 2.05) is 0 Å². The van der Waals surface area contributed by atoms with Crippen molar-refractivity contribution in [1.29, 1.82) is 0 Å². The lowest BCUT2D eigenvalue weighted by molar-refractivity contribution is -0.122. The standard InChI is InChI=1S/C21H34O2Si/c1-15-8-9-17(16(2)12-15)14-20(22)18-10-11-19(13-18)23-24(6,7)21(3,4)5/h8-9,12,18-19H,10-11,13-14H2,1-7H3/t18-,19+/m1/s1. The molecule has 1 saturated carbocycles. The third-order valence-electron chi connectivity index (χ3n) is 5.97. The fraction of sp³-hybridized carbons (Fsp3) is 0.667. The van der Waals surface area contributed by atoms with Crippen LogP contribution in [0.25, 0.3) is 0 Å². The number of carbonyl (C=O) groups excluding carboxylic acids is 1. The molecule has 0 saturated heterocycles. The average Bonchev–Trinajstić information content (AvgIpc) is 2.88. The molecule has 1 aliphatic carbocycles. The van der Waals surface area contributed by atoms with Gasteiger partial charge in [-0.1, -0.05) is 44.5 Å². The molecule has 1 aliphatic rings. The maximum atomic E-state index is 12.7. The van der Waals surface area contributed by atoms with Crippen molar-refractivity contribution < 1.29 is 9.22 Å². The van der Waals surface area contributed by atoms with Crippen LogP contribution in [0.1, 0.15) is 56.7 Å². The van der Waals surface area contributed by atoms with E-state index >= 15 is 0 Å². The summed E-state index contributed by atoms with van der Waals surface area (Å²) in [6.07, 6.45) is 3.79. The smallest absolute Gasteiger partial charge is 0.192 e. The highest BCUT2D eigenvalue weighted by Crippen LogP contribution is 2.40. The van der Waals surface area contributed by atoms with Crippen molar-refractivity contribution in [3.05, 3.63) is 34.9 Å². The quantitative estimate of drug-likeness (QED) is 0.648. The van der Waals surface area contributed by atoms with Gasteiger partial charge in [0.25, 0.3) is 0 Å². The molecule has 2 nitrogen and oxygen atoms in total. The number of hydrogen-bond acceptors (Lipinski definition) is 2. The zero-order valence-electron chi connectivity index (χ0n) is 16.5. The van der Waals surface area contributed by atoms with Crippen molar-refractivity contribution in [3.63, 3.8) is 0 Å². The molecule has 2 atom stereocenters. The van der Waals surface area contributed by atoms with Gasteiger partial charge in [-0.05, 0) is 62.4 Å². The van der Waals surface area contributed by atoms with Gasteiger partial charge in [-0.15, -0.1) is 0 Å². The minimum Gasteiger partial charge on any atom is -0.414 e. The topological polar surface area (TPSA) is 26.3 Å². The summed E-state index contributed by atoms with van der Waals surface area (Å²) in [5.41, 5.74) is 3.67. The zero-order valence-corrected chi connectivity index (χ0v) is 17.5. The Balaban J connectivity index is 1.94. The monoisotopic (exact) mass is 346 g/mol. The van der Waals surface area contributed by atoms with Crippen molar-refractivity contribution in [2.45, 2.75) is 84.5 Å². The summed E-state index contributed by atoms with van der Waals surface area (Å²) in [4.78, 5) is 12.7. The third-order valence-corrected chi connectivity index (χ3v) is 10.5. The van der Waals surface area contributed by atoms with E-state index < -0.39 is 8.32 Å². The second-order valence-electron chi connectivity index (χ2n) is 9.08. The Hall–Kier alpha value is -0.933. The lowest BCUT2D eigenvalue weighted by atomic mass is 9.94. The third kappa shape index (κ3) is 4.57. The number of aryl methyl sites for hydroxylation is 2. The minimum atomic E-state index is -1.73. The molecule has 0 heterocycles. The van der Waals surface area contributed by atoms with E-state index in [9.17, 15) is 4.79 Å². The van der Waals surface area contributed by atoms with E-state index in [4.69, 9.17) is 4.43 Å². The van der Waals surface area contributed by atoms with E-state index in [1.54, 1.807) is 0 Å². The second-order valence-corrected chi connectivity index (χ2v) is 13.8. The van der Waals surface area contributed by atoms with Crippen molar-refractivity contribution in [2.24, 2.45) is 5.92 Å². The van der Waals surface area contributed by atoms with Crippen LogP contribution in [0.4, 0.5) is 0 Å². The van der Waals surface area contributed by atoms with Crippen molar-refractivity contribution in [1.82, 2.24) is 0 Å². The summed E-state index contributed by atoms with van der Waals surface area (Å²) in [6.45, 7) is 15.6. The van der Waals surface area contributed by atoms with E-state index in [2.05, 4.69) is 65.9 Å². The first kappa shape index (κ1) is 19.4. The van der Waals surface area contributed by atoms with Crippen LogP contribution in [0.5, 0.6) is 0 Å². The molecule has 2 rings (SSSR count). The fourth-order valence-corrected chi connectivity index (χ4v) is 4.71. The van der Waals surface area contributed by atoms with Gasteiger partial charge in [0.1, 0.15) is 5.78 Å². The molecule has 0 aromatic heterocycles. The maximum Gasteiger partial charge on any atom is 0.192 e. The van der Waals surface area contributed by atoms with Crippen LogP contribution in [-0.2, 0) is 15.6 Å². The van der Waals surface area contributed by atoms with Gasteiger partial charge in [0.2, 0.25) is 0 Å². The van der Waals surface area contributed by atoms with Gasteiger partial charge in [0.05, 0.1) is 0 Å². The summed E-state index contributed by atoms with van der Waals surface area (Å²) in [7, 11) is -1.73. The van der Waals surface area contributed by atoms with Crippen LogP contribution in [-0.4, -0.2) is 20.2 Å². The van der Waals surface area contributed by atoms with E-state index in [-0.39, 0.29) is 17.1 Å². The van der Waals surface area contributed by atoms with Crippen molar-refractivity contribution in [2.75, 3.05) is 0 Å². The number of Topliss-reactive ketones (excluding diaryl/α,β-unsaturated/α-hetero) is 1. The molecule has 24 heavy (non-hydrogen) atoms. The Kier molecular flexibility index (Phi) is 5.76. The highest BCUT2D eigenvalue weighted by molar-refractivity contribution is 6.74. The van der Waals surface area contributed by atoms with Gasteiger partial charge in [0.15, 0.2) is 8.32 Å². The number of hydrogen-bond donors (Lipinski definition) is 0. The molecule has 1 aromatic rings. The molecule has 1 aromatic carbocycles. The van der Waals surface area contributed by atoms with Crippen LogP contribution >= 0.6 is 0 Å². The molecular weight excluding hydrogens is 312 g/mol. The van der Waals surface area contributed by atoms with Gasteiger partial charge in [-0.25, -0.2) is 0 Å². The van der Waals surface area contributed by atoms with Gasteiger partial charge < -0.3 is 4.43 Å². The van der Waals surface area contributed by atoms with Gasteiger partial charge in [-0.3, -0.25) is 4.79 Å².